The summed E-state index contributed by atoms with van der Waals surface area (Å²) in [5.74, 6) is 0.128. The van der Waals surface area contributed by atoms with Gasteiger partial charge in [0, 0.05) is 5.92 Å². The Kier molecular flexibility index (Phi) is 4.25. The summed E-state index contributed by atoms with van der Waals surface area (Å²) in [6.07, 6.45) is -2.37. The summed E-state index contributed by atoms with van der Waals surface area (Å²) in [5.41, 5.74) is 3.47. The molecule has 0 aromatic heterocycles. The summed E-state index contributed by atoms with van der Waals surface area (Å²) in [4.78, 5) is 0. The summed E-state index contributed by atoms with van der Waals surface area (Å²) in [5, 5.41) is -0.251. The fourth-order valence-electron chi connectivity index (χ4n) is 2.81. The van der Waals surface area contributed by atoms with E-state index in [0.717, 1.165) is 5.57 Å². The zero-order chi connectivity index (χ0) is 15.9. The highest BCUT2D eigenvalue weighted by Crippen LogP contribution is 2.42. The Bertz CT molecular complexity index is 623. The number of halogens is 4. The van der Waals surface area contributed by atoms with Crippen LogP contribution in [-0.2, 0) is 6.18 Å². The standard InChI is InChI=1S/C17H18ClF3/c1-9-7-14(12(4)11(3)10(9)2)13-5-6-16(18)15(8-13)17(19,20)21/h5-8,12,14H,1-4H3. The lowest BCUT2D eigenvalue weighted by atomic mass is 9.75. The molecule has 0 aliphatic heterocycles. The van der Waals surface area contributed by atoms with Crippen LogP contribution in [0.3, 0.4) is 0 Å². The van der Waals surface area contributed by atoms with Crippen LogP contribution in [0.2, 0.25) is 5.02 Å². The van der Waals surface area contributed by atoms with Gasteiger partial charge in [0.15, 0.2) is 0 Å². The second-order valence-corrected chi connectivity index (χ2v) is 6.12. The smallest absolute Gasteiger partial charge is 0.166 e. The number of alkyl halides is 3. The minimum Gasteiger partial charge on any atom is -0.166 e. The lowest BCUT2D eigenvalue weighted by Gasteiger charge is -2.30. The van der Waals surface area contributed by atoms with Gasteiger partial charge in [-0.3, -0.25) is 0 Å². The molecule has 1 aromatic rings. The van der Waals surface area contributed by atoms with Crippen LogP contribution in [0.1, 0.15) is 44.7 Å². The Balaban J connectivity index is 2.49. The first-order valence-electron chi connectivity index (χ1n) is 6.85. The average molecular weight is 315 g/mol. The highest BCUT2D eigenvalue weighted by Gasteiger charge is 2.34. The number of rotatable bonds is 1. The van der Waals surface area contributed by atoms with E-state index < -0.39 is 11.7 Å². The van der Waals surface area contributed by atoms with Crippen LogP contribution >= 0.6 is 11.6 Å². The lowest BCUT2D eigenvalue weighted by molar-refractivity contribution is -0.137. The predicted octanol–water partition coefficient (Wildman–Crippen LogP) is 6.37. The number of hydrogen-bond donors (Lipinski definition) is 0. The van der Waals surface area contributed by atoms with E-state index in [1.165, 1.54) is 23.3 Å². The summed E-state index contributed by atoms with van der Waals surface area (Å²) in [6.45, 7) is 8.15. The van der Waals surface area contributed by atoms with Crippen molar-refractivity contribution in [1.82, 2.24) is 0 Å². The highest BCUT2D eigenvalue weighted by molar-refractivity contribution is 6.31. The molecule has 2 unspecified atom stereocenters. The average Bonchev–Trinajstić information content (AvgIpc) is 2.40. The van der Waals surface area contributed by atoms with Crippen molar-refractivity contribution in [1.29, 1.82) is 0 Å². The third-order valence-electron chi connectivity index (χ3n) is 4.51. The van der Waals surface area contributed by atoms with Crippen molar-refractivity contribution in [2.75, 3.05) is 0 Å². The van der Waals surface area contributed by atoms with Gasteiger partial charge in [-0.05, 0) is 50.0 Å². The van der Waals surface area contributed by atoms with E-state index in [0.29, 0.717) is 5.56 Å². The predicted molar refractivity (Wildman–Crippen MR) is 80.5 cm³/mol. The zero-order valence-electron chi connectivity index (χ0n) is 12.5. The SMILES string of the molecule is CC1=CC(c2ccc(Cl)c(C(F)(F)F)c2)C(C)C(C)=C1C. The molecule has 0 amide bonds. The first-order valence-corrected chi connectivity index (χ1v) is 7.23. The third kappa shape index (κ3) is 3.03. The van der Waals surface area contributed by atoms with E-state index in [1.54, 1.807) is 6.07 Å². The Labute approximate surface area is 128 Å². The second kappa shape index (κ2) is 5.53. The molecule has 0 nitrogen and oxygen atoms in total. The Hall–Kier alpha value is -1.22. The molecule has 0 N–H and O–H groups in total. The van der Waals surface area contributed by atoms with E-state index in [4.69, 9.17) is 11.6 Å². The van der Waals surface area contributed by atoms with E-state index in [1.807, 2.05) is 20.8 Å². The lowest BCUT2D eigenvalue weighted by Crippen LogP contribution is -2.16. The van der Waals surface area contributed by atoms with Crippen LogP contribution < -0.4 is 0 Å². The van der Waals surface area contributed by atoms with Gasteiger partial charge >= 0.3 is 6.18 Å². The Morgan fingerprint density at radius 3 is 2.29 bits per heavy atom. The Morgan fingerprint density at radius 1 is 1.10 bits per heavy atom. The van der Waals surface area contributed by atoms with E-state index in [-0.39, 0.29) is 16.9 Å². The van der Waals surface area contributed by atoms with Crippen molar-refractivity contribution in [2.45, 2.75) is 39.8 Å². The van der Waals surface area contributed by atoms with Gasteiger partial charge in [0.05, 0.1) is 10.6 Å². The molecule has 114 valence electrons. The summed E-state index contributed by atoms with van der Waals surface area (Å²) < 4.78 is 39.0. The molecule has 2 atom stereocenters. The third-order valence-corrected chi connectivity index (χ3v) is 4.84. The molecular formula is C17H18ClF3. The molecule has 0 radical (unpaired) electrons. The van der Waals surface area contributed by atoms with Crippen LogP contribution in [0.15, 0.2) is 41.0 Å². The normalized spacial score (nSPS) is 23.3. The van der Waals surface area contributed by atoms with Crippen molar-refractivity contribution in [3.8, 4) is 0 Å². The largest absolute Gasteiger partial charge is 0.417 e. The topological polar surface area (TPSA) is 0 Å². The molecule has 1 aliphatic carbocycles. The van der Waals surface area contributed by atoms with Crippen molar-refractivity contribution >= 4 is 11.6 Å². The molecule has 0 saturated carbocycles. The van der Waals surface area contributed by atoms with E-state index in [9.17, 15) is 13.2 Å². The molecule has 0 fully saturated rings. The van der Waals surface area contributed by atoms with Gasteiger partial charge in [0.25, 0.3) is 0 Å². The van der Waals surface area contributed by atoms with Gasteiger partial charge in [-0.25, -0.2) is 0 Å². The van der Waals surface area contributed by atoms with Gasteiger partial charge in [-0.1, -0.05) is 41.8 Å². The maximum Gasteiger partial charge on any atom is 0.417 e. The molecule has 2 rings (SSSR count). The maximum absolute atomic E-state index is 13.0. The molecular weight excluding hydrogens is 297 g/mol. The number of hydrogen-bond acceptors (Lipinski definition) is 0. The minimum absolute atomic E-state index is 0.0490. The quantitative estimate of drug-likeness (QED) is 0.564. The molecule has 0 saturated heterocycles. The summed E-state index contributed by atoms with van der Waals surface area (Å²) in [7, 11) is 0. The fraction of sp³-hybridized carbons (Fsp3) is 0.412. The van der Waals surface area contributed by atoms with Crippen molar-refractivity contribution < 1.29 is 13.2 Å². The first kappa shape index (κ1) is 16.2. The minimum atomic E-state index is -4.43. The number of benzene rings is 1. The molecule has 0 heterocycles. The van der Waals surface area contributed by atoms with Crippen LogP contribution in [0, 0.1) is 5.92 Å². The monoisotopic (exact) mass is 314 g/mol. The van der Waals surface area contributed by atoms with Crippen molar-refractivity contribution in [3.63, 3.8) is 0 Å². The van der Waals surface area contributed by atoms with E-state index in [2.05, 4.69) is 13.0 Å². The molecule has 4 heteroatoms. The Morgan fingerprint density at radius 2 is 1.71 bits per heavy atom. The van der Waals surface area contributed by atoms with Crippen LogP contribution in [-0.4, -0.2) is 0 Å². The molecule has 1 aliphatic rings. The summed E-state index contributed by atoms with van der Waals surface area (Å²) >= 11 is 5.69. The molecule has 0 bridgehead atoms. The van der Waals surface area contributed by atoms with Crippen molar-refractivity contribution in [3.05, 3.63) is 57.1 Å². The van der Waals surface area contributed by atoms with E-state index >= 15 is 0 Å². The van der Waals surface area contributed by atoms with Crippen LogP contribution in [0.25, 0.3) is 0 Å². The summed E-state index contributed by atoms with van der Waals surface area (Å²) in [6, 6.07) is 4.22. The molecule has 1 aromatic carbocycles. The second-order valence-electron chi connectivity index (χ2n) is 5.71. The van der Waals surface area contributed by atoms with Crippen LogP contribution in [0.5, 0.6) is 0 Å². The molecule has 0 spiro atoms. The van der Waals surface area contributed by atoms with Gasteiger partial charge < -0.3 is 0 Å². The maximum atomic E-state index is 13.0. The van der Waals surface area contributed by atoms with Gasteiger partial charge in [-0.2, -0.15) is 13.2 Å². The highest BCUT2D eigenvalue weighted by atomic mass is 35.5. The van der Waals surface area contributed by atoms with Crippen molar-refractivity contribution in [2.24, 2.45) is 5.92 Å². The first-order chi connectivity index (χ1) is 9.62. The van der Waals surface area contributed by atoms with Crippen LogP contribution in [0.4, 0.5) is 13.2 Å². The van der Waals surface area contributed by atoms with Gasteiger partial charge in [-0.15, -0.1) is 0 Å². The fourth-order valence-corrected chi connectivity index (χ4v) is 3.04. The molecule has 21 heavy (non-hydrogen) atoms. The zero-order valence-corrected chi connectivity index (χ0v) is 13.2. The van der Waals surface area contributed by atoms with Gasteiger partial charge in [0.1, 0.15) is 0 Å². The number of allylic oxidation sites excluding steroid dienone is 4. The van der Waals surface area contributed by atoms with Gasteiger partial charge in [0.2, 0.25) is 0 Å².